The van der Waals surface area contributed by atoms with Crippen molar-refractivity contribution in [1.82, 2.24) is 9.55 Å². The van der Waals surface area contributed by atoms with Crippen LogP contribution in [0, 0.1) is 0 Å². The van der Waals surface area contributed by atoms with Gasteiger partial charge in [-0.15, -0.1) is 11.3 Å². The van der Waals surface area contributed by atoms with E-state index in [2.05, 4.69) is 120 Å². The molecule has 0 fully saturated rings. The summed E-state index contributed by atoms with van der Waals surface area (Å²) in [6.07, 6.45) is 7.10. The second kappa shape index (κ2) is 8.72. The molecule has 0 spiro atoms. The van der Waals surface area contributed by atoms with Gasteiger partial charge in [0.15, 0.2) is 0 Å². The molecule has 41 heavy (non-hydrogen) atoms. The maximum absolute atomic E-state index is 4.99. The van der Waals surface area contributed by atoms with Gasteiger partial charge in [0, 0.05) is 32.7 Å². The van der Waals surface area contributed by atoms with Crippen LogP contribution < -0.4 is 0 Å². The van der Waals surface area contributed by atoms with E-state index in [0.29, 0.717) is 0 Å². The average molecular weight is 542 g/mol. The van der Waals surface area contributed by atoms with Crippen LogP contribution in [-0.2, 0) is 0 Å². The molecule has 0 amide bonds. The predicted octanol–water partition coefficient (Wildman–Crippen LogP) is 10.2. The van der Waals surface area contributed by atoms with Crippen molar-refractivity contribution in [1.29, 1.82) is 0 Å². The summed E-state index contributed by atoms with van der Waals surface area (Å²) in [7, 11) is 0. The zero-order valence-electron chi connectivity index (χ0n) is 22.1. The van der Waals surface area contributed by atoms with Gasteiger partial charge in [-0.25, -0.2) is 0 Å². The molecule has 0 N–H and O–H groups in total. The molecule has 0 saturated carbocycles. The summed E-state index contributed by atoms with van der Waals surface area (Å²) in [5, 5.41) is 7.81. The van der Waals surface area contributed by atoms with Crippen molar-refractivity contribution < 1.29 is 0 Å². The molecule has 0 unspecified atom stereocenters. The minimum atomic E-state index is 0.755. The quantitative estimate of drug-likeness (QED) is 0.214. The van der Waals surface area contributed by atoms with E-state index in [1.165, 1.54) is 52.8 Å². The summed E-state index contributed by atoms with van der Waals surface area (Å²) in [6.45, 7) is 0. The molecule has 9 rings (SSSR count). The lowest BCUT2D eigenvalue weighted by Gasteiger charge is -2.11. The average Bonchev–Trinajstić information content (AvgIpc) is 3.50. The zero-order chi connectivity index (χ0) is 26.9. The van der Waals surface area contributed by atoms with Crippen molar-refractivity contribution in [3.63, 3.8) is 0 Å². The van der Waals surface area contributed by atoms with Gasteiger partial charge in [0.2, 0.25) is 0 Å². The van der Waals surface area contributed by atoms with E-state index in [9.17, 15) is 0 Å². The first-order chi connectivity index (χ1) is 20.3. The number of aromatic nitrogens is 2. The fraction of sp³-hybridized carbons (Fsp3) is 0.0270. The van der Waals surface area contributed by atoms with Crippen molar-refractivity contribution in [3.05, 3.63) is 133 Å². The Hall–Kier alpha value is -5.06. The molecule has 3 nitrogen and oxygen atoms in total. The number of rotatable bonds is 2. The summed E-state index contributed by atoms with van der Waals surface area (Å²) in [5.74, 6) is 0. The van der Waals surface area contributed by atoms with Gasteiger partial charge in [0.25, 0.3) is 0 Å². The van der Waals surface area contributed by atoms with E-state index >= 15 is 0 Å². The Morgan fingerprint density at radius 1 is 0.659 bits per heavy atom. The van der Waals surface area contributed by atoms with Gasteiger partial charge in [0.05, 0.1) is 44.7 Å². The number of para-hydroxylation sites is 2. The molecule has 1 aliphatic rings. The monoisotopic (exact) mass is 541 g/mol. The summed E-state index contributed by atoms with van der Waals surface area (Å²) >= 11 is 1.88. The standard InChI is InChI=1S/C37H23N3S/c1-6-16-29-23(10-1)11-9-17-31(39-29)30-21-20-24(22-38-30)40-32-18-7-4-14-27(32)34-25-12-2-3-13-26(25)35-28-15-5-8-19-33(28)41-37(35)36(34)40/h1-16,18-22H,17H2. The van der Waals surface area contributed by atoms with E-state index in [1.54, 1.807) is 0 Å². The molecule has 192 valence electrons. The van der Waals surface area contributed by atoms with Crippen LogP contribution in [0.2, 0.25) is 0 Å². The van der Waals surface area contributed by atoms with Gasteiger partial charge in [0.1, 0.15) is 0 Å². The van der Waals surface area contributed by atoms with E-state index in [1.807, 2.05) is 23.6 Å². The number of aliphatic imine (C=N–C) groups is 1. The lowest BCUT2D eigenvalue weighted by atomic mass is 9.99. The van der Waals surface area contributed by atoms with E-state index in [-0.39, 0.29) is 0 Å². The molecule has 0 bridgehead atoms. The van der Waals surface area contributed by atoms with Gasteiger partial charge >= 0.3 is 0 Å². The number of hydrogen-bond donors (Lipinski definition) is 0. The van der Waals surface area contributed by atoms with Gasteiger partial charge in [-0.1, -0.05) is 91.0 Å². The highest BCUT2D eigenvalue weighted by molar-refractivity contribution is 7.27. The molecule has 0 saturated heterocycles. The molecule has 0 radical (unpaired) electrons. The summed E-state index contributed by atoms with van der Waals surface area (Å²) in [4.78, 5) is 9.98. The first-order valence-corrected chi connectivity index (χ1v) is 14.7. The predicted molar refractivity (Wildman–Crippen MR) is 175 cm³/mol. The first-order valence-electron chi connectivity index (χ1n) is 13.9. The van der Waals surface area contributed by atoms with Crippen LogP contribution in [0.4, 0.5) is 5.69 Å². The van der Waals surface area contributed by atoms with Crippen LogP contribution >= 0.6 is 11.3 Å². The summed E-state index contributed by atoms with van der Waals surface area (Å²) < 4.78 is 5.04. The smallest absolute Gasteiger partial charge is 0.0849 e. The number of allylic oxidation sites excluding steroid dienone is 1. The Bertz CT molecular complexity index is 2390. The number of thiophene rings is 1. The number of hydrogen-bond acceptors (Lipinski definition) is 3. The third kappa shape index (κ3) is 3.32. The van der Waals surface area contributed by atoms with E-state index < -0.39 is 0 Å². The lowest BCUT2D eigenvalue weighted by molar-refractivity contribution is 1.13. The molecular weight excluding hydrogens is 518 g/mol. The number of benzene rings is 5. The van der Waals surface area contributed by atoms with E-state index in [0.717, 1.165) is 34.8 Å². The maximum Gasteiger partial charge on any atom is 0.0849 e. The number of fused-ring (bicyclic) bond motifs is 11. The second-order valence-electron chi connectivity index (χ2n) is 10.5. The van der Waals surface area contributed by atoms with Crippen molar-refractivity contribution in [3.8, 4) is 5.69 Å². The molecular formula is C37H23N3S. The van der Waals surface area contributed by atoms with Crippen LogP contribution in [0.25, 0.3) is 64.5 Å². The molecule has 0 atom stereocenters. The Kier molecular flexibility index (Phi) is 4.83. The highest BCUT2D eigenvalue weighted by Crippen LogP contribution is 2.47. The van der Waals surface area contributed by atoms with E-state index in [4.69, 9.17) is 9.98 Å². The summed E-state index contributed by atoms with van der Waals surface area (Å²) in [5.41, 5.74) is 7.52. The maximum atomic E-state index is 4.99. The van der Waals surface area contributed by atoms with Crippen molar-refractivity contribution >= 4 is 81.6 Å². The van der Waals surface area contributed by atoms with Gasteiger partial charge < -0.3 is 4.57 Å². The molecule has 3 aromatic heterocycles. The fourth-order valence-corrected chi connectivity index (χ4v) is 7.72. The van der Waals surface area contributed by atoms with Crippen molar-refractivity contribution in [2.45, 2.75) is 6.42 Å². The normalized spacial score (nSPS) is 13.3. The molecule has 1 aliphatic heterocycles. The van der Waals surface area contributed by atoms with Gasteiger partial charge in [-0.05, 0) is 46.7 Å². The van der Waals surface area contributed by atoms with Crippen LogP contribution in [0.15, 0.2) is 126 Å². The topological polar surface area (TPSA) is 30.2 Å². The lowest BCUT2D eigenvalue weighted by Crippen LogP contribution is -2.03. The van der Waals surface area contributed by atoms with Crippen LogP contribution in [-0.4, -0.2) is 15.3 Å². The summed E-state index contributed by atoms with van der Waals surface area (Å²) in [6, 6.07) is 39.0. The van der Waals surface area contributed by atoms with Crippen LogP contribution in [0.3, 0.4) is 0 Å². The Morgan fingerprint density at radius 3 is 2.24 bits per heavy atom. The van der Waals surface area contributed by atoms with Crippen molar-refractivity contribution in [2.75, 3.05) is 0 Å². The molecule has 0 aliphatic carbocycles. The Labute approximate surface area is 240 Å². The largest absolute Gasteiger partial charge is 0.306 e. The second-order valence-corrected chi connectivity index (χ2v) is 11.6. The molecule has 4 heteroatoms. The third-order valence-corrected chi connectivity index (χ3v) is 9.43. The minimum Gasteiger partial charge on any atom is -0.306 e. The third-order valence-electron chi connectivity index (χ3n) is 8.25. The highest BCUT2D eigenvalue weighted by atomic mass is 32.1. The molecule has 4 heterocycles. The molecule has 5 aromatic carbocycles. The van der Waals surface area contributed by atoms with Gasteiger partial charge in [-0.2, -0.15) is 0 Å². The van der Waals surface area contributed by atoms with Crippen LogP contribution in [0.5, 0.6) is 0 Å². The zero-order valence-corrected chi connectivity index (χ0v) is 22.9. The SMILES string of the molecule is C1=Cc2ccccc2N=C(c2ccc(-n3c4ccccc4c4c5ccccc5c5c6ccccc6sc5c43)cn2)C1. The fourth-order valence-electron chi connectivity index (χ4n) is 6.46. The first kappa shape index (κ1) is 22.7. The number of nitrogens with zero attached hydrogens (tertiary/aromatic N) is 3. The minimum absolute atomic E-state index is 0.755. The Balaban J connectivity index is 1.34. The Morgan fingerprint density at radius 2 is 1.39 bits per heavy atom. The van der Waals surface area contributed by atoms with Crippen LogP contribution in [0.1, 0.15) is 17.7 Å². The molecule has 8 aromatic rings. The van der Waals surface area contributed by atoms with Gasteiger partial charge in [-0.3, -0.25) is 9.98 Å². The highest BCUT2D eigenvalue weighted by Gasteiger charge is 2.21. The number of pyridine rings is 1. The van der Waals surface area contributed by atoms with Crippen molar-refractivity contribution in [2.24, 2.45) is 4.99 Å².